The summed E-state index contributed by atoms with van der Waals surface area (Å²) in [4.78, 5) is 4.27. The summed E-state index contributed by atoms with van der Waals surface area (Å²) in [7, 11) is 0. The number of nitrogens with zero attached hydrogens (tertiary/aromatic N) is 3. The summed E-state index contributed by atoms with van der Waals surface area (Å²) in [6.07, 6.45) is 3.97. The first kappa shape index (κ1) is 14.2. The van der Waals surface area contributed by atoms with E-state index >= 15 is 0 Å². The first-order valence-electron chi connectivity index (χ1n) is 7.48. The van der Waals surface area contributed by atoms with Crippen LogP contribution in [0.5, 0.6) is 0 Å². The van der Waals surface area contributed by atoms with Crippen molar-refractivity contribution in [2.45, 2.75) is 26.3 Å². The van der Waals surface area contributed by atoms with Gasteiger partial charge in [-0.05, 0) is 61.6 Å². The van der Waals surface area contributed by atoms with Crippen molar-refractivity contribution in [2.24, 2.45) is 5.41 Å². The number of nitrogens with one attached hydrogen (secondary N) is 1. The van der Waals surface area contributed by atoms with Crippen LogP contribution in [0.25, 0.3) is 5.52 Å². The molecule has 4 rings (SSSR count). The SMILES string of the molecule is CC1(C#Cc2ccc3c(NCc4ccco4)nc(Cl)nn23)CC1. The minimum Gasteiger partial charge on any atom is -0.467 e. The summed E-state index contributed by atoms with van der Waals surface area (Å²) < 4.78 is 7.05. The van der Waals surface area contributed by atoms with Crippen LogP contribution >= 0.6 is 11.6 Å². The second-order valence-corrected chi connectivity index (χ2v) is 6.33. The summed E-state index contributed by atoms with van der Waals surface area (Å²) in [5.41, 5.74) is 1.83. The molecule has 23 heavy (non-hydrogen) atoms. The normalized spacial score (nSPS) is 15.2. The number of hydrogen-bond donors (Lipinski definition) is 1. The van der Waals surface area contributed by atoms with Crippen molar-refractivity contribution in [1.29, 1.82) is 0 Å². The molecule has 116 valence electrons. The van der Waals surface area contributed by atoms with E-state index in [2.05, 4.69) is 34.2 Å². The minimum absolute atomic E-state index is 0.168. The van der Waals surface area contributed by atoms with Gasteiger partial charge >= 0.3 is 0 Å². The van der Waals surface area contributed by atoms with Gasteiger partial charge in [-0.15, -0.1) is 5.10 Å². The second-order valence-electron chi connectivity index (χ2n) is 5.99. The Labute approximate surface area is 138 Å². The average Bonchev–Trinajstić information content (AvgIpc) is 2.94. The van der Waals surface area contributed by atoms with Gasteiger partial charge in [0.25, 0.3) is 0 Å². The van der Waals surface area contributed by atoms with Gasteiger partial charge in [0.1, 0.15) is 17.0 Å². The molecule has 0 saturated heterocycles. The van der Waals surface area contributed by atoms with E-state index in [1.54, 1.807) is 10.8 Å². The fraction of sp³-hybridized carbons (Fsp3) is 0.294. The van der Waals surface area contributed by atoms with E-state index in [-0.39, 0.29) is 10.7 Å². The number of rotatable bonds is 3. The van der Waals surface area contributed by atoms with E-state index in [0.29, 0.717) is 12.4 Å². The molecule has 1 saturated carbocycles. The molecule has 6 heteroatoms. The standard InChI is InChI=1S/C17H15ClN4O/c1-17(8-9-17)7-6-12-4-5-14-15(20-16(18)21-22(12)14)19-11-13-3-2-10-23-13/h2-5,10H,8-9,11H2,1H3,(H,19,20,21). The maximum absolute atomic E-state index is 6.06. The zero-order valence-corrected chi connectivity index (χ0v) is 13.4. The lowest BCUT2D eigenvalue weighted by Crippen LogP contribution is -2.06. The van der Waals surface area contributed by atoms with Crippen molar-refractivity contribution in [3.05, 3.63) is 47.3 Å². The minimum atomic E-state index is 0.168. The lowest BCUT2D eigenvalue weighted by atomic mass is 10.1. The Morgan fingerprint density at radius 1 is 1.39 bits per heavy atom. The molecule has 0 aliphatic heterocycles. The van der Waals surface area contributed by atoms with Gasteiger partial charge in [-0.25, -0.2) is 4.52 Å². The number of fused-ring (bicyclic) bond motifs is 1. The van der Waals surface area contributed by atoms with E-state index in [0.717, 1.165) is 29.8 Å². The number of anilines is 1. The molecule has 0 spiro atoms. The highest BCUT2D eigenvalue weighted by molar-refractivity contribution is 6.28. The predicted molar refractivity (Wildman–Crippen MR) is 88.3 cm³/mol. The van der Waals surface area contributed by atoms with Crippen LogP contribution in [-0.2, 0) is 6.54 Å². The molecule has 1 aliphatic carbocycles. The molecule has 0 atom stereocenters. The summed E-state index contributed by atoms with van der Waals surface area (Å²) in [5.74, 6) is 8.01. The van der Waals surface area contributed by atoms with Crippen LogP contribution in [0, 0.1) is 17.3 Å². The lowest BCUT2D eigenvalue weighted by Gasteiger charge is -2.06. The molecule has 5 nitrogen and oxygen atoms in total. The molecule has 0 aromatic carbocycles. The van der Waals surface area contributed by atoms with Crippen LogP contribution in [0.15, 0.2) is 34.9 Å². The van der Waals surface area contributed by atoms with E-state index < -0.39 is 0 Å². The Morgan fingerprint density at radius 3 is 3.00 bits per heavy atom. The zero-order chi connectivity index (χ0) is 15.9. The number of furan rings is 1. The molecule has 3 heterocycles. The molecular weight excluding hydrogens is 312 g/mol. The molecule has 0 bridgehead atoms. The third-order valence-electron chi connectivity index (χ3n) is 3.99. The van der Waals surface area contributed by atoms with Crippen molar-refractivity contribution in [3.63, 3.8) is 0 Å². The van der Waals surface area contributed by atoms with Crippen LogP contribution in [0.4, 0.5) is 5.82 Å². The van der Waals surface area contributed by atoms with Gasteiger partial charge in [-0.3, -0.25) is 0 Å². The molecule has 1 aliphatic rings. The molecular formula is C17H15ClN4O. The molecule has 1 fully saturated rings. The van der Waals surface area contributed by atoms with Crippen molar-refractivity contribution < 1.29 is 4.42 Å². The van der Waals surface area contributed by atoms with Gasteiger partial charge in [-0.2, -0.15) is 4.98 Å². The summed E-state index contributed by atoms with van der Waals surface area (Å²) >= 11 is 6.06. The maximum Gasteiger partial charge on any atom is 0.243 e. The van der Waals surface area contributed by atoms with Gasteiger partial charge in [0.2, 0.25) is 5.28 Å². The summed E-state index contributed by atoms with van der Waals surface area (Å²) in [6.45, 7) is 2.70. The number of halogens is 1. The summed E-state index contributed by atoms with van der Waals surface area (Å²) in [6, 6.07) is 7.64. The van der Waals surface area contributed by atoms with Crippen molar-refractivity contribution in [2.75, 3.05) is 5.32 Å². The molecule has 1 N–H and O–H groups in total. The first-order chi connectivity index (χ1) is 11.1. The van der Waals surface area contributed by atoms with Crippen LogP contribution in [-0.4, -0.2) is 14.6 Å². The highest BCUT2D eigenvalue weighted by Crippen LogP contribution is 2.44. The highest BCUT2D eigenvalue weighted by atomic mass is 35.5. The fourth-order valence-electron chi connectivity index (χ4n) is 2.31. The smallest absolute Gasteiger partial charge is 0.243 e. The van der Waals surface area contributed by atoms with E-state index in [9.17, 15) is 0 Å². The zero-order valence-electron chi connectivity index (χ0n) is 12.6. The highest BCUT2D eigenvalue weighted by Gasteiger charge is 2.35. The van der Waals surface area contributed by atoms with Crippen molar-refractivity contribution in [3.8, 4) is 11.8 Å². The molecule has 0 amide bonds. The molecule has 3 aromatic heterocycles. The number of hydrogen-bond acceptors (Lipinski definition) is 4. The largest absolute Gasteiger partial charge is 0.467 e. The summed E-state index contributed by atoms with van der Waals surface area (Å²) in [5, 5.41) is 7.68. The van der Waals surface area contributed by atoms with E-state index in [4.69, 9.17) is 16.0 Å². The monoisotopic (exact) mass is 326 g/mol. The van der Waals surface area contributed by atoms with Crippen LogP contribution < -0.4 is 5.32 Å². The Kier molecular flexibility index (Phi) is 3.28. The second kappa shape index (κ2) is 5.32. The molecule has 0 radical (unpaired) electrons. The molecule has 0 unspecified atom stereocenters. The Bertz CT molecular complexity index is 913. The Hall–Kier alpha value is -2.45. The van der Waals surface area contributed by atoms with Gasteiger partial charge in [0.05, 0.1) is 12.8 Å². The Balaban J connectivity index is 1.68. The van der Waals surface area contributed by atoms with E-state index in [1.165, 1.54) is 0 Å². The topological polar surface area (TPSA) is 55.4 Å². The number of aromatic nitrogens is 3. The van der Waals surface area contributed by atoms with Crippen molar-refractivity contribution >= 4 is 22.9 Å². The van der Waals surface area contributed by atoms with Crippen LogP contribution in [0.3, 0.4) is 0 Å². The van der Waals surface area contributed by atoms with Gasteiger partial charge in [0, 0.05) is 5.41 Å². The fourth-order valence-corrected chi connectivity index (χ4v) is 2.47. The van der Waals surface area contributed by atoms with Gasteiger partial charge in [-0.1, -0.05) is 5.92 Å². The first-order valence-corrected chi connectivity index (χ1v) is 7.86. The van der Waals surface area contributed by atoms with Crippen LogP contribution in [0.1, 0.15) is 31.2 Å². The third kappa shape index (κ3) is 2.90. The van der Waals surface area contributed by atoms with Gasteiger partial charge < -0.3 is 9.73 Å². The Morgan fingerprint density at radius 2 is 2.26 bits per heavy atom. The quantitative estimate of drug-likeness (QED) is 0.745. The molecule has 3 aromatic rings. The van der Waals surface area contributed by atoms with Gasteiger partial charge in [0.15, 0.2) is 5.82 Å². The van der Waals surface area contributed by atoms with Crippen molar-refractivity contribution in [1.82, 2.24) is 14.6 Å². The lowest BCUT2D eigenvalue weighted by molar-refractivity contribution is 0.518. The maximum atomic E-state index is 6.06. The van der Waals surface area contributed by atoms with E-state index in [1.807, 2.05) is 24.3 Å². The van der Waals surface area contributed by atoms with Crippen LogP contribution in [0.2, 0.25) is 5.28 Å². The predicted octanol–water partition coefficient (Wildman–Crippen LogP) is 3.74. The average molecular weight is 327 g/mol. The third-order valence-corrected chi connectivity index (χ3v) is 4.15.